The van der Waals surface area contributed by atoms with Gasteiger partial charge in [0.15, 0.2) is 5.96 Å². The summed E-state index contributed by atoms with van der Waals surface area (Å²) < 4.78 is 11.7. The first-order valence-corrected chi connectivity index (χ1v) is 11.9. The van der Waals surface area contributed by atoms with Crippen LogP contribution in [0.2, 0.25) is 0 Å². The molecule has 6 nitrogen and oxygen atoms in total. The maximum atomic E-state index is 6.17. The zero-order valence-corrected chi connectivity index (χ0v) is 21.2. The lowest BCUT2D eigenvalue weighted by atomic mass is 9.96. The van der Waals surface area contributed by atoms with E-state index in [4.69, 9.17) is 14.5 Å². The minimum absolute atomic E-state index is 0. The highest BCUT2D eigenvalue weighted by atomic mass is 127. The molecule has 1 aromatic carbocycles. The number of piperidine rings is 1. The molecule has 2 N–H and O–H groups in total. The van der Waals surface area contributed by atoms with E-state index >= 15 is 0 Å². The molecule has 0 aromatic heterocycles. The molecule has 1 atom stereocenters. The highest BCUT2D eigenvalue weighted by Crippen LogP contribution is 2.28. The quantitative estimate of drug-likeness (QED) is 0.298. The van der Waals surface area contributed by atoms with Crippen LogP contribution in [-0.4, -0.2) is 62.4 Å². The van der Waals surface area contributed by atoms with Crippen molar-refractivity contribution < 1.29 is 9.47 Å². The fourth-order valence-electron chi connectivity index (χ4n) is 4.45. The minimum atomic E-state index is 0. The van der Waals surface area contributed by atoms with Gasteiger partial charge in [0.25, 0.3) is 0 Å². The van der Waals surface area contributed by atoms with Crippen molar-refractivity contribution in [3.63, 3.8) is 0 Å². The molecule has 174 valence electrons. The SMILES string of the molecule is CCNC(=NCc1ccccc1OC1CCC1)NC1CCN(CC2CCOC2)CC1.I. The number of hydrogen-bond acceptors (Lipinski definition) is 4. The fourth-order valence-corrected chi connectivity index (χ4v) is 4.45. The molecule has 3 fully saturated rings. The van der Waals surface area contributed by atoms with E-state index in [9.17, 15) is 0 Å². The Labute approximate surface area is 204 Å². The number of hydrogen-bond donors (Lipinski definition) is 2. The summed E-state index contributed by atoms with van der Waals surface area (Å²) in [6, 6.07) is 8.82. The lowest BCUT2D eigenvalue weighted by molar-refractivity contribution is 0.119. The van der Waals surface area contributed by atoms with Crippen molar-refractivity contribution in [1.82, 2.24) is 15.5 Å². The summed E-state index contributed by atoms with van der Waals surface area (Å²) in [7, 11) is 0. The summed E-state index contributed by atoms with van der Waals surface area (Å²) in [5.41, 5.74) is 1.16. The van der Waals surface area contributed by atoms with Gasteiger partial charge in [0.1, 0.15) is 5.75 Å². The molecule has 1 unspecified atom stereocenters. The molecule has 2 aliphatic heterocycles. The summed E-state index contributed by atoms with van der Waals surface area (Å²) in [4.78, 5) is 7.48. The molecular weight excluding hydrogens is 503 g/mol. The third kappa shape index (κ3) is 7.49. The number of guanidine groups is 1. The van der Waals surface area contributed by atoms with Gasteiger partial charge in [0, 0.05) is 44.4 Å². The van der Waals surface area contributed by atoms with Gasteiger partial charge in [-0.25, -0.2) is 4.99 Å². The van der Waals surface area contributed by atoms with E-state index in [1.54, 1.807) is 0 Å². The first kappa shape index (κ1) is 24.6. The maximum Gasteiger partial charge on any atom is 0.191 e. The third-order valence-electron chi connectivity index (χ3n) is 6.54. The van der Waals surface area contributed by atoms with E-state index < -0.39 is 0 Å². The van der Waals surface area contributed by atoms with Crippen LogP contribution in [0.15, 0.2) is 29.3 Å². The second-order valence-electron chi connectivity index (χ2n) is 8.92. The number of ether oxygens (including phenoxy) is 2. The Kier molecular flexibility index (Phi) is 10.2. The Bertz CT molecular complexity index is 684. The van der Waals surface area contributed by atoms with E-state index in [2.05, 4.69) is 46.7 Å². The fraction of sp³-hybridized carbons (Fsp3) is 0.708. The predicted octanol–water partition coefficient (Wildman–Crippen LogP) is 3.79. The number of benzene rings is 1. The highest BCUT2D eigenvalue weighted by Gasteiger charge is 2.24. The summed E-state index contributed by atoms with van der Waals surface area (Å²) >= 11 is 0. The lowest BCUT2D eigenvalue weighted by Gasteiger charge is -2.34. The van der Waals surface area contributed by atoms with Gasteiger partial charge in [-0.15, -0.1) is 24.0 Å². The number of para-hydroxylation sites is 1. The van der Waals surface area contributed by atoms with Crippen LogP contribution in [0.5, 0.6) is 5.75 Å². The molecule has 31 heavy (non-hydrogen) atoms. The Morgan fingerprint density at radius 3 is 2.65 bits per heavy atom. The normalized spacial score (nSPS) is 23.1. The number of aliphatic imine (C=N–C) groups is 1. The summed E-state index contributed by atoms with van der Waals surface area (Å²) in [5.74, 6) is 2.64. The summed E-state index contributed by atoms with van der Waals surface area (Å²) in [6.07, 6.45) is 7.58. The summed E-state index contributed by atoms with van der Waals surface area (Å²) in [5, 5.41) is 7.09. The molecular formula is C24H39IN4O2. The van der Waals surface area contributed by atoms with Gasteiger partial charge in [-0.2, -0.15) is 0 Å². The van der Waals surface area contributed by atoms with Crippen molar-refractivity contribution in [3.8, 4) is 5.75 Å². The number of nitrogens with one attached hydrogen (secondary N) is 2. The smallest absolute Gasteiger partial charge is 0.191 e. The topological polar surface area (TPSA) is 58.1 Å². The Hall–Kier alpha value is -1.06. The first-order valence-electron chi connectivity index (χ1n) is 11.9. The monoisotopic (exact) mass is 542 g/mol. The second-order valence-corrected chi connectivity index (χ2v) is 8.92. The van der Waals surface area contributed by atoms with Crippen LogP contribution in [0.25, 0.3) is 0 Å². The van der Waals surface area contributed by atoms with Gasteiger partial charge < -0.3 is 25.0 Å². The van der Waals surface area contributed by atoms with E-state index in [0.29, 0.717) is 18.7 Å². The van der Waals surface area contributed by atoms with Gasteiger partial charge in [0.2, 0.25) is 0 Å². The van der Waals surface area contributed by atoms with Crippen LogP contribution >= 0.6 is 24.0 Å². The summed E-state index contributed by atoms with van der Waals surface area (Å²) in [6.45, 7) is 9.03. The molecule has 3 aliphatic rings. The number of nitrogens with zero attached hydrogens (tertiary/aromatic N) is 2. The molecule has 1 aromatic rings. The molecule has 7 heteroatoms. The minimum Gasteiger partial charge on any atom is -0.490 e. The van der Waals surface area contributed by atoms with Gasteiger partial charge in [-0.3, -0.25) is 0 Å². The Morgan fingerprint density at radius 2 is 1.97 bits per heavy atom. The Balaban J connectivity index is 0.00000272. The largest absolute Gasteiger partial charge is 0.490 e. The van der Waals surface area contributed by atoms with Gasteiger partial charge in [0.05, 0.1) is 19.3 Å². The average molecular weight is 543 g/mol. The zero-order valence-electron chi connectivity index (χ0n) is 18.9. The highest BCUT2D eigenvalue weighted by molar-refractivity contribution is 14.0. The first-order chi connectivity index (χ1) is 14.8. The van der Waals surface area contributed by atoms with Crippen LogP contribution in [-0.2, 0) is 11.3 Å². The van der Waals surface area contributed by atoms with Crippen LogP contribution in [0.3, 0.4) is 0 Å². The van der Waals surface area contributed by atoms with Crippen molar-refractivity contribution in [2.24, 2.45) is 10.9 Å². The number of rotatable bonds is 8. The van der Waals surface area contributed by atoms with Gasteiger partial charge in [-0.05, 0) is 57.4 Å². The van der Waals surface area contributed by atoms with E-state index in [1.165, 1.54) is 45.1 Å². The van der Waals surface area contributed by atoms with Crippen LogP contribution < -0.4 is 15.4 Å². The molecule has 1 saturated carbocycles. The van der Waals surface area contributed by atoms with Gasteiger partial charge >= 0.3 is 0 Å². The van der Waals surface area contributed by atoms with Gasteiger partial charge in [-0.1, -0.05) is 18.2 Å². The van der Waals surface area contributed by atoms with E-state index in [1.807, 2.05) is 0 Å². The van der Waals surface area contributed by atoms with Crippen molar-refractivity contribution in [3.05, 3.63) is 29.8 Å². The van der Waals surface area contributed by atoms with Crippen molar-refractivity contribution in [2.75, 3.05) is 39.4 Å². The molecule has 4 rings (SSSR count). The predicted molar refractivity (Wildman–Crippen MR) is 136 cm³/mol. The van der Waals surface area contributed by atoms with E-state index in [-0.39, 0.29) is 24.0 Å². The van der Waals surface area contributed by atoms with Crippen molar-refractivity contribution >= 4 is 29.9 Å². The van der Waals surface area contributed by atoms with Crippen molar-refractivity contribution in [2.45, 2.75) is 64.1 Å². The Morgan fingerprint density at radius 1 is 1.16 bits per heavy atom. The standard InChI is InChI=1S/C24H38N4O2.HI/c1-2-25-24(26-16-20-6-3-4-9-23(20)30-22-7-5-8-22)27-21-10-13-28(14-11-21)17-19-12-15-29-18-19;/h3-4,6,9,19,21-22H,2,5,7-8,10-18H2,1H3,(H2,25,26,27);1H. The lowest BCUT2D eigenvalue weighted by Crippen LogP contribution is -2.49. The maximum absolute atomic E-state index is 6.17. The molecule has 0 spiro atoms. The number of halogens is 1. The van der Waals surface area contributed by atoms with Crippen LogP contribution in [0, 0.1) is 5.92 Å². The molecule has 1 aliphatic carbocycles. The van der Waals surface area contributed by atoms with Crippen molar-refractivity contribution in [1.29, 1.82) is 0 Å². The molecule has 2 heterocycles. The molecule has 2 saturated heterocycles. The zero-order chi connectivity index (χ0) is 20.6. The molecule has 0 amide bonds. The molecule has 0 bridgehead atoms. The van der Waals surface area contributed by atoms with Crippen LogP contribution in [0.4, 0.5) is 0 Å². The number of likely N-dealkylation sites (tertiary alicyclic amines) is 1. The van der Waals surface area contributed by atoms with E-state index in [0.717, 1.165) is 56.0 Å². The van der Waals surface area contributed by atoms with Crippen LogP contribution in [0.1, 0.15) is 51.0 Å². The third-order valence-corrected chi connectivity index (χ3v) is 6.54. The molecule has 0 radical (unpaired) electrons. The second kappa shape index (κ2) is 12.8. The average Bonchev–Trinajstić information content (AvgIpc) is 3.24.